The zero-order valence-electron chi connectivity index (χ0n) is 17.5. The lowest BCUT2D eigenvalue weighted by Crippen LogP contribution is -2.37. The summed E-state index contributed by atoms with van der Waals surface area (Å²) in [6, 6.07) is 15.2. The minimum Gasteiger partial charge on any atom is -0.497 e. The summed E-state index contributed by atoms with van der Waals surface area (Å²) in [6.45, 7) is 3.14. The first kappa shape index (κ1) is 19.9. The van der Waals surface area contributed by atoms with Gasteiger partial charge in [-0.05, 0) is 36.4 Å². The molecule has 0 saturated heterocycles. The Kier molecular flexibility index (Phi) is 5.65. The van der Waals surface area contributed by atoms with E-state index in [4.69, 9.17) is 19.4 Å². The molecule has 0 spiro atoms. The molecule has 0 N–H and O–H groups in total. The number of rotatable bonds is 5. The van der Waals surface area contributed by atoms with Crippen LogP contribution in [0.15, 0.2) is 48.5 Å². The second-order valence-electron chi connectivity index (χ2n) is 7.17. The van der Waals surface area contributed by atoms with E-state index in [1.165, 1.54) is 0 Å². The summed E-state index contributed by atoms with van der Waals surface area (Å²) in [5.41, 5.74) is 4.48. The molecule has 3 aromatic rings. The summed E-state index contributed by atoms with van der Waals surface area (Å²) in [5.74, 6) is 2.16. The highest BCUT2D eigenvalue weighted by Crippen LogP contribution is 2.31. The van der Waals surface area contributed by atoms with Crippen molar-refractivity contribution in [3.8, 4) is 22.8 Å². The predicted octanol–water partition coefficient (Wildman–Crippen LogP) is 3.92. The van der Waals surface area contributed by atoms with Crippen molar-refractivity contribution in [2.75, 3.05) is 20.8 Å². The number of aryl methyl sites for hydroxylation is 1. The molecule has 4 rings (SSSR count). The van der Waals surface area contributed by atoms with Crippen LogP contribution in [0.25, 0.3) is 11.3 Å². The van der Waals surface area contributed by atoms with Gasteiger partial charge in [0.2, 0.25) is 0 Å². The first-order chi connectivity index (χ1) is 14.6. The van der Waals surface area contributed by atoms with Crippen molar-refractivity contribution >= 4 is 5.91 Å². The number of hydrogen-bond donors (Lipinski definition) is 0. The van der Waals surface area contributed by atoms with Crippen molar-refractivity contribution in [1.29, 1.82) is 0 Å². The van der Waals surface area contributed by atoms with Crippen molar-refractivity contribution in [2.24, 2.45) is 0 Å². The van der Waals surface area contributed by atoms with Gasteiger partial charge in [-0.15, -0.1) is 0 Å². The van der Waals surface area contributed by atoms with Crippen LogP contribution in [0, 0.1) is 0 Å². The number of amides is 1. The molecule has 6 heteroatoms. The standard InChI is InChI=1S/C24H25N3O3/c1-4-22-25-20-13-14-27(24(28)18-7-5-6-8-21(18)30-3)15-19(20)23(26-22)16-9-11-17(29-2)12-10-16/h5-12H,4,13-15H2,1-3H3. The SMILES string of the molecule is CCc1nc2c(c(-c3ccc(OC)cc3)n1)CN(C(=O)c1ccccc1OC)CC2. The first-order valence-electron chi connectivity index (χ1n) is 10.1. The highest BCUT2D eigenvalue weighted by atomic mass is 16.5. The fraction of sp³-hybridized carbons (Fsp3) is 0.292. The van der Waals surface area contributed by atoms with Gasteiger partial charge in [0.15, 0.2) is 0 Å². The van der Waals surface area contributed by atoms with Crippen LogP contribution in [0.2, 0.25) is 0 Å². The lowest BCUT2D eigenvalue weighted by atomic mass is 9.98. The van der Waals surface area contributed by atoms with Crippen LogP contribution >= 0.6 is 0 Å². The summed E-state index contributed by atoms with van der Waals surface area (Å²) >= 11 is 0. The molecular formula is C24H25N3O3. The van der Waals surface area contributed by atoms with Crippen molar-refractivity contribution in [2.45, 2.75) is 26.3 Å². The topological polar surface area (TPSA) is 64.6 Å². The van der Waals surface area contributed by atoms with Crippen LogP contribution in [0.4, 0.5) is 0 Å². The zero-order valence-corrected chi connectivity index (χ0v) is 17.5. The number of aromatic nitrogens is 2. The maximum atomic E-state index is 13.2. The molecule has 1 aliphatic heterocycles. The van der Waals surface area contributed by atoms with Crippen molar-refractivity contribution < 1.29 is 14.3 Å². The lowest BCUT2D eigenvalue weighted by Gasteiger charge is -2.30. The molecule has 1 aromatic heterocycles. The third-order valence-corrected chi connectivity index (χ3v) is 5.41. The number of methoxy groups -OCH3 is 2. The Bertz CT molecular complexity index is 1060. The average Bonchev–Trinajstić information content (AvgIpc) is 2.82. The van der Waals surface area contributed by atoms with Crippen molar-refractivity contribution in [3.63, 3.8) is 0 Å². The number of carbonyl (C=O) groups excluding carboxylic acids is 1. The highest BCUT2D eigenvalue weighted by Gasteiger charge is 2.27. The van der Waals surface area contributed by atoms with E-state index in [9.17, 15) is 4.79 Å². The third kappa shape index (κ3) is 3.73. The van der Waals surface area contributed by atoms with E-state index in [-0.39, 0.29) is 5.91 Å². The van der Waals surface area contributed by atoms with Gasteiger partial charge < -0.3 is 14.4 Å². The average molecular weight is 403 g/mol. The monoisotopic (exact) mass is 403 g/mol. The molecule has 0 saturated carbocycles. The maximum absolute atomic E-state index is 13.2. The summed E-state index contributed by atoms with van der Waals surface area (Å²) < 4.78 is 10.7. The highest BCUT2D eigenvalue weighted by molar-refractivity contribution is 5.97. The number of carbonyl (C=O) groups is 1. The Morgan fingerprint density at radius 2 is 1.80 bits per heavy atom. The Morgan fingerprint density at radius 1 is 1.03 bits per heavy atom. The van der Waals surface area contributed by atoms with Gasteiger partial charge in [0.1, 0.15) is 17.3 Å². The number of ether oxygens (including phenoxy) is 2. The minimum atomic E-state index is -0.0432. The number of fused-ring (bicyclic) bond motifs is 1. The number of para-hydroxylation sites is 1. The number of nitrogens with zero attached hydrogens (tertiary/aromatic N) is 3. The molecule has 154 valence electrons. The van der Waals surface area contributed by atoms with Gasteiger partial charge in [0.05, 0.1) is 31.2 Å². The second kappa shape index (κ2) is 8.53. The Balaban J connectivity index is 1.72. The zero-order chi connectivity index (χ0) is 21.1. The van der Waals surface area contributed by atoms with Crippen LogP contribution in [-0.4, -0.2) is 41.5 Å². The molecule has 2 aromatic carbocycles. The second-order valence-corrected chi connectivity index (χ2v) is 7.17. The normalized spacial score (nSPS) is 13.0. The predicted molar refractivity (Wildman–Crippen MR) is 115 cm³/mol. The Labute approximate surface area is 176 Å². The first-order valence-corrected chi connectivity index (χ1v) is 10.1. The van der Waals surface area contributed by atoms with Gasteiger partial charge in [-0.1, -0.05) is 19.1 Å². The Hall–Kier alpha value is -3.41. The van der Waals surface area contributed by atoms with Crippen LogP contribution in [0.3, 0.4) is 0 Å². The van der Waals surface area contributed by atoms with Gasteiger partial charge in [0, 0.05) is 37.1 Å². The maximum Gasteiger partial charge on any atom is 0.257 e. The molecule has 1 aliphatic rings. The van der Waals surface area contributed by atoms with E-state index in [0.29, 0.717) is 30.8 Å². The molecule has 2 heterocycles. The van der Waals surface area contributed by atoms with Gasteiger partial charge in [-0.2, -0.15) is 0 Å². The Morgan fingerprint density at radius 3 is 2.50 bits per heavy atom. The summed E-state index contributed by atoms with van der Waals surface area (Å²) in [6.07, 6.45) is 1.47. The van der Waals surface area contributed by atoms with Crippen LogP contribution in [0.1, 0.15) is 34.4 Å². The molecular weight excluding hydrogens is 378 g/mol. The largest absolute Gasteiger partial charge is 0.497 e. The fourth-order valence-corrected chi connectivity index (χ4v) is 3.78. The van der Waals surface area contributed by atoms with Crippen molar-refractivity contribution in [3.05, 3.63) is 71.2 Å². The van der Waals surface area contributed by atoms with Gasteiger partial charge in [0.25, 0.3) is 5.91 Å². The van der Waals surface area contributed by atoms with Crippen LogP contribution in [0.5, 0.6) is 11.5 Å². The minimum absolute atomic E-state index is 0.0432. The van der Waals surface area contributed by atoms with E-state index in [1.54, 1.807) is 20.3 Å². The summed E-state index contributed by atoms with van der Waals surface area (Å²) in [5, 5.41) is 0. The molecule has 0 bridgehead atoms. The molecule has 30 heavy (non-hydrogen) atoms. The molecule has 0 unspecified atom stereocenters. The molecule has 0 fully saturated rings. The lowest BCUT2D eigenvalue weighted by molar-refractivity contribution is 0.0730. The van der Waals surface area contributed by atoms with Gasteiger partial charge in [-0.25, -0.2) is 9.97 Å². The third-order valence-electron chi connectivity index (χ3n) is 5.41. The van der Waals surface area contributed by atoms with Gasteiger partial charge in [-0.3, -0.25) is 4.79 Å². The van der Waals surface area contributed by atoms with Gasteiger partial charge >= 0.3 is 0 Å². The molecule has 0 atom stereocenters. The molecule has 0 aliphatic carbocycles. The number of hydrogen-bond acceptors (Lipinski definition) is 5. The van der Waals surface area contributed by atoms with E-state index in [0.717, 1.165) is 40.5 Å². The summed E-state index contributed by atoms with van der Waals surface area (Å²) in [7, 11) is 3.23. The van der Waals surface area contributed by atoms with Crippen LogP contribution < -0.4 is 9.47 Å². The van der Waals surface area contributed by atoms with E-state index in [2.05, 4.69) is 6.92 Å². The number of benzene rings is 2. The molecule has 6 nitrogen and oxygen atoms in total. The van der Waals surface area contributed by atoms with E-state index >= 15 is 0 Å². The van der Waals surface area contributed by atoms with E-state index in [1.807, 2.05) is 47.4 Å². The fourth-order valence-electron chi connectivity index (χ4n) is 3.78. The quantitative estimate of drug-likeness (QED) is 0.646. The van der Waals surface area contributed by atoms with Crippen LogP contribution in [-0.2, 0) is 19.4 Å². The van der Waals surface area contributed by atoms with E-state index < -0.39 is 0 Å². The molecule has 0 radical (unpaired) electrons. The molecule has 1 amide bonds. The smallest absolute Gasteiger partial charge is 0.257 e. The van der Waals surface area contributed by atoms with Crippen molar-refractivity contribution in [1.82, 2.24) is 14.9 Å². The summed E-state index contributed by atoms with van der Waals surface area (Å²) in [4.78, 5) is 24.7.